The molecule has 130 valence electrons. The Labute approximate surface area is 159 Å². The Morgan fingerprint density at radius 2 is 1.89 bits per heavy atom. The topological polar surface area (TPSA) is 34.8 Å². The fourth-order valence-electron chi connectivity index (χ4n) is 5.54. The monoisotopic (exact) mass is 362 g/mol. The van der Waals surface area contributed by atoms with Gasteiger partial charge in [0.15, 0.2) is 17.5 Å². The summed E-state index contributed by atoms with van der Waals surface area (Å²) in [5.74, 6) is 1.14. The Morgan fingerprint density at radius 3 is 2.86 bits per heavy atom. The molecule has 0 radical (unpaired) electrons. The number of hydrogen-bond donors (Lipinski definition) is 0. The van der Waals surface area contributed by atoms with Crippen molar-refractivity contribution in [2.45, 2.75) is 12.7 Å². The van der Waals surface area contributed by atoms with Gasteiger partial charge in [0, 0.05) is 17.5 Å². The van der Waals surface area contributed by atoms with E-state index in [4.69, 9.17) is 9.84 Å². The summed E-state index contributed by atoms with van der Waals surface area (Å²) in [5, 5.41) is 8.69. The highest BCUT2D eigenvalue weighted by Gasteiger charge is 2.71. The van der Waals surface area contributed by atoms with E-state index < -0.39 is 5.79 Å². The molecule has 5 nitrogen and oxygen atoms in total. The van der Waals surface area contributed by atoms with Gasteiger partial charge in [0.1, 0.15) is 5.69 Å². The van der Waals surface area contributed by atoms with Crippen LogP contribution in [0.1, 0.15) is 11.3 Å². The predicted molar refractivity (Wildman–Crippen MR) is 102 cm³/mol. The lowest BCUT2D eigenvalue weighted by molar-refractivity contribution is -0.969. The van der Waals surface area contributed by atoms with Crippen LogP contribution in [0.2, 0.25) is 0 Å². The van der Waals surface area contributed by atoms with Crippen LogP contribution in [0.5, 0.6) is 11.6 Å². The number of pyridine rings is 2. The van der Waals surface area contributed by atoms with Crippen molar-refractivity contribution in [3.05, 3.63) is 78.1 Å². The van der Waals surface area contributed by atoms with Gasteiger partial charge in [0.25, 0.3) is 0 Å². The second kappa shape index (κ2) is 3.92. The maximum Gasteiger partial charge on any atom is 0.504 e. The van der Waals surface area contributed by atoms with Gasteiger partial charge in [-0.25, -0.2) is 0 Å². The molecule has 1 spiro atoms. The molecule has 0 N–H and O–H groups in total. The molecule has 3 aliphatic heterocycles. The zero-order valence-corrected chi connectivity index (χ0v) is 15.0. The van der Waals surface area contributed by atoms with E-state index in [2.05, 4.69) is 81.5 Å². The summed E-state index contributed by atoms with van der Waals surface area (Å²) < 4.78 is 13.3. The number of aryl methyl sites for hydroxylation is 1. The number of nitrogens with zero attached hydrogens (tertiary/aromatic N) is 4. The van der Waals surface area contributed by atoms with Crippen LogP contribution in [0.3, 0.4) is 0 Å². The highest BCUT2D eigenvalue weighted by molar-refractivity contribution is 6.08. The van der Waals surface area contributed by atoms with Crippen LogP contribution in [-0.2, 0) is 5.79 Å². The van der Waals surface area contributed by atoms with Crippen molar-refractivity contribution in [2.75, 3.05) is 0 Å². The lowest BCUT2D eigenvalue weighted by Crippen LogP contribution is -2.75. The molecule has 3 aromatic heterocycles. The SMILES string of the molecule is Cc1cc2n(n1)C13c4c(ccc5ccc6ccc[n+]1c6c45)Oc1cccc-2[n+]13. The van der Waals surface area contributed by atoms with Crippen molar-refractivity contribution in [3.8, 4) is 23.0 Å². The van der Waals surface area contributed by atoms with E-state index in [9.17, 15) is 0 Å². The summed E-state index contributed by atoms with van der Waals surface area (Å²) in [4.78, 5) is 0. The predicted octanol–water partition coefficient (Wildman–Crippen LogP) is 3.23. The van der Waals surface area contributed by atoms with Gasteiger partial charge in [0.05, 0.1) is 17.1 Å². The molecule has 0 saturated heterocycles. The lowest BCUT2D eigenvalue weighted by atomic mass is 9.98. The van der Waals surface area contributed by atoms with Gasteiger partial charge in [-0.1, -0.05) is 16.7 Å². The molecular weight excluding hydrogens is 348 g/mol. The first-order chi connectivity index (χ1) is 13.8. The Bertz CT molecular complexity index is 1560. The average Bonchev–Trinajstić information content (AvgIpc) is 3.34. The molecule has 0 bridgehead atoms. The molecule has 1 atom stereocenters. The number of rotatable bonds is 0. The highest BCUT2D eigenvalue weighted by Crippen LogP contribution is 2.50. The summed E-state index contributed by atoms with van der Waals surface area (Å²) in [5.41, 5.74) is 5.67. The fraction of sp³-hybridized carbons (Fsp3) is 0.0870. The van der Waals surface area contributed by atoms with Crippen molar-refractivity contribution in [2.24, 2.45) is 0 Å². The normalized spacial score (nSPS) is 19.3. The van der Waals surface area contributed by atoms with Gasteiger partial charge in [0.2, 0.25) is 11.2 Å². The molecule has 8 rings (SSSR count). The van der Waals surface area contributed by atoms with E-state index in [0.717, 1.165) is 28.7 Å². The molecule has 0 aliphatic carbocycles. The summed E-state index contributed by atoms with van der Waals surface area (Å²) in [6.45, 7) is 2.06. The number of ether oxygens (including phenoxy) is 1. The van der Waals surface area contributed by atoms with Crippen LogP contribution in [-0.4, -0.2) is 9.78 Å². The highest BCUT2D eigenvalue weighted by atomic mass is 16.5. The van der Waals surface area contributed by atoms with Gasteiger partial charge in [-0.3, -0.25) is 0 Å². The van der Waals surface area contributed by atoms with E-state index in [1.54, 1.807) is 0 Å². The first-order valence-electron chi connectivity index (χ1n) is 9.50. The summed E-state index contributed by atoms with van der Waals surface area (Å²) >= 11 is 0. The molecule has 0 saturated carbocycles. The van der Waals surface area contributed by atoms with Crippen molar-refractivity contribution in [3.63, 3.8) is 0 Å². The third-order valence-corrected chi connectivity index (χ3v) is 6.45. The van der Waals surface area contributed by atoms with Gasteiger partial charge in [-0.15, -0.1) is 9.25 Å². The van der Waals surface area contributed by atoms with Crippen LogP contribution in [0, 0.1) is 6.92 Å². The maximum atomic E-state index is 6.42. The van der Waals surface area contributed by atoms with Gasteiger partial charge < -0.3 is 4.74 Å². The van der Waals surface area contributed by atoms with E-state index in [0.29, 0.717) is 0 Å². The molecule has 5 aromatic rings. The van der Waals surface area contributed by atoms with Crippen molar-refractivity contribution in [1.29, 1.82) is 0 Å². The van der Waals surface area contributed by atoms with Crippen molar-refractivity contribution >= 4 is 21.7 Å². The summed E-state index contributed by atoms with van der Waals surface area (Å²) in [7, 11) is 0. The zero-order valence-electron chi connectivity index (χ0n) is 15.0. The number of hydrogen-bond acceptors (Lipinski definition) is 2. The third-order valence-electron chi connectivity index (χ3n) is 6.45. The van der Waals surface area contributed by atoms with Crippen molar-refractivity contribution in [1.82, 2.24) is 9.78 Å². The van der Waals surface area contributed by atoms with Gasteiger partial charge in [-0.2, -0.15) is 5.10 Å². The quantitative estimate of drug-likeness (QED) is 0.307. The molecule has 1 unspecified atom stereocenters. The standard InChI is InChI=1S/C23H14N4O/c1-13-12-17-16-5-2-6-19-26(16)23(27(17)24-13)21-18(28-19)10-9-14-7-8-15-4-3-11-25(23)22(15)20(14)21/h2-12H,1H3/q+2. The Hall–Kier alpha value is -3.73. The average molecular weight is 362 g/mol. The smallest absolute Gasteiger partial charge is 0.404 e. The molecule has 5 heteroatoms. The van der Waals surface area contributed by atoms with E-state index >= 15 is 0 Å². The summed E-state index contributed by atoms with van der Waals surface area (Å²) in [6, 6.07) is 21.4. The Morgan fingerprint density at radius 1 is 1.00 bits per heavy atom. The van der Waals surface area contributed by atoms with E-state index in [1.807, 2.05) is 6.07 Å². The second-order valence-corrected chi connectivity index (χ2v) is 7.82. The Kier molecular flexibility index (Phi) is 1.88. The first kappa shape index (κ1) is 13.4. The van der Waals surface area contributed by atoms with Crippen LogP contribution in [0.4, 0.5) is 0 Å². The molecule has 6 heterocycles. The molecular formula is C23H14N4O+2. The molecule has 28 heavy (non-hydrogen) atoms. The molecule has 2 aromatic carbocycles. The molecule has 0 amide bonds. The minimum Gasteiger partial charge on any atom is -0.404 e. The van der Waals surface area contributed by atoms with E-state index in [-0.39, 0.29) is 0 Å². The van der Waals surface area contributed by atoms with Crippen LogP contribution in [0.15, 0.2) is 66.9 Å². The second-order valence-electron chi connectivity index (χ2n) is 7.82. The number of fused-ring (bicyclic) bond motifs is 2. The van der Waals surface area contributed by atoms with Crippen LogP contribution >= 0.6 is 0 Å². The molecule has 3 aliphatic rings. The maximum absolute atomic E-state index is 6.42. The fourth-order valence-corrected chi connectivity index (χ4v) is 5.54. The Balaban J connectivity index is 1.75. The number of benzene rings is 2. The third kappa shape index (κ3) is 1.13. The minimum atomic E-state index is -0.605. The largest absolute Gasteiger partial charge is 0.504 e. The van der Waals surface area contributed by atoms with Crippen molar-refractivity contribution < 1.29 is 13.9 Å². The van der Waals surface area contributed by atoms with Gasteiger partial charge in [-0.05, 0) is 42.6 Å². The number of aromatic nitrogens is 4. The lowest BCUT2D eigenvalue weighted by Gasteiger charge is -2.23. The van der Waals surface area contributed by atoms with Crippen LogP contribution in [0.25, 0.3) is 33.1 Å². The minimum absolute atomic E-state index is 0.605. The molecule has 0 fully saturated rings. The summed E-state index contributed by atoms with van der Waals surface area (Å²) in [6.07, 6.45) is 2.18. The first-order valence-corrected chi connectivity index (χ1v) is 9.50. The van der Waals surface area contributed by atoms with E-state index in [1.165, 1.54) is 27.2 Å². The van der Waals surface area contributed by atoms with Gasteiger partial charge >= 0.3 is 11.7 Å². The zero-order chi connectivity index (χ0) is 18.2. The van der Waals surface area contributed by atoms with Crippen LogP contribution < -0.4 is 13.9 Å².